The topological polar surface area (TPSA) is 67.4 Å². The lowest BCUT2D eigenvalue weighted by Gasteiger charge is -2.33. The van der Waals surface area contributed by atoms with Gasteiger partial charge >= 0.3 is 12.0 Å². The second-order valence-electron chi connectivity index (χ2n) is 4.80. The predicted octanol–water partition coefficient (Wildman–Crippen LogP) is 2.43. The summed E-state index contributed by atoms with van der Waals surface area (Å²) in [5.74, 6) is -1.99. The molecule has 116 valence electrons. The van der Waals surface area contributed by atoms with E-state index in [-0.39, 0.29) is 17.9 Å². The predicted molar refractivity (Wildman–Crippen MR) is 79.2 cm³/mol. The Balaban J connectivity index is 2.30. The molecule has 1 heterocycles. The third kappa shape index (κ3) is 3.33. The molecule has 2 N–H and O–H groups in total. The molecule has 0 bridgehead atoms. The molecule has 0 saturated carbocycles. The molecule has 22 heavy (non-hydrogen) atoms. The number of allylic oxidation sites excluding steroid dienone is 1. The Morgan fingerprint density at radius 1 is 1.45 bits per heavy atom. The van der Waals surface area contributed by atoms with Crippen molar-refractivity contribution in [3.05, 3.63) is 60.1 Å². The normalized spacial score (nSPS) is 21.4. The molecule has 1 aliphatic rings. The average Bonchev–Trinajstić information content (AvgIpc) is 2.47. The van der Waals surface area contributed by atoms with E-state index < -0.39 is 29.8 Å². The van der Waals surface area contributed by atoms with E-state index in [1.807, 2.05) is 0 Å². The number of benzene rings is 1. The lowest BCUT2D eigenvalue weighted by atomic mass is 9.89. The molecule has 1 fully saturated rings. The van der Waals surface area contributed by atoms with E-state index in [2.05, 4.69) is 17.2 Å². The van der Waals surface area contributed by atoms with Crippen molar-refractivity contribution in [2.75, 3.05) is 6.61 Å². The third-order valence-corrected chi connectivity index (χ3v) is 3.32. The first kappa shape index (κ1) is 15.8. The molecule has 1 aromatic rings. The van der Waals surface area contributed by atoms with E-state index in [1.54, 1.807) is 25.1 Å². The highest BCUT2D eigenvalue weighted by Gasteiger charge is 2.39. The van der Waals surface area contributed by atoms with Gasteiger partial charge in [-0.25, -0.2) is 9.18 Å². The van der Waals surface area contributed by atoms with Crippen LogP contribution in [0.4, 0.5) is 9.18 Å². The van der Waals surface area contributed by atoms with Crippen LogP contribution >= 0.6 is 0 Å². The van der Waals surface area contributed by atoms with Crippen LogP contribution in [-0.2, 0) is 9.53 Å². The molecule has 0 spiro atoms. The first-order valence-electron chi connectivity index (χ1n) is 6.83. The van der Waals surface area contributed by atoms with Crippen molar-refractivity contribution in [3.8, 4) is 0 Å². The SMILES string of the molecule is C=C1NC(=O)N[C@@H](c2ccccc2F)[C@@H]1C(=O)OC/C=C/C. The zero-order chi connectivity index (χ0) is 16.1. The molecule has 1 saturated heterocycles. The van der Waals surface area contributed by atoms with Gasteiger partial charge in [-0.3, -0.25) is 4.79 Å². The van der Waals surface area contributed by atoms with E-state index >= 15 is 0 Å². The summed E-state index contributed by atoms with van der Waals surface area (Å²) in [7, 11) is 0. The van der Waals surface area contributed by atoms with Crippen LogP contribution in [0.5, 0.6) is 0 Å². The molecule has 2 amide bonds. The average molecular weight is 304 g/mol. The summed E-state index contributed by atoms with van der Waals surface area (Å²) >= 11 is 0. The Hall–Kier alpha value is -2.63. The summed E-state index contributed by atoms with van der Waals surface area (Å²) in [5.41, 5.74) is 0.397. The maximum atomic E-state index is 14.0. The zero-order valence-corrected chi connectivity index (χ0v) is 12.1. The minimum atomic E-state index is -0.903. The minimum absolute atomic E-state index is 0.108. The third-order valence-electron chi connectivity index (χ3n) is 3.32. The van der Waals surface area contributed by atoms with E-state index in [0.717, 1.165) is 0 Å². The van der Waals surface area contributed by atoms with Gasteiger partial charge in [0.05, 0.1) is 6.04 Å². The number of nitrogens with one attached hydrogen (secondary N) is 2. The van der Waals surface area contributed by atoms with Crippen LogP contribution in [0.2, 0.25) is 0 Å². The molecule has 0 aliphatic carbocycles. The Morgan fingerprint density at radius 3 is 2.86 bits per heavy atom. The lowest BCUT2D eigenvalue weighted by molar-refractivity contribution is -0.147. The van der Waals surface area contributed by atoms with Crippen LogP contribution < -0.4 is 10.6 Å². The van der Waals surface area contributed by atoms with Gasteiger partial charge in [0.15, 0.2) is 0 Å². The van der Waals surface area contributed by atoms with Gasteiger partial charge in [-0.1, -0.05) is 36.9 Å². The maximum Gasteiger partial charge on any atom is 0.319 e. The summed E-state index contributed by atoms with van der Waals surface area (Å²) in [5, 5.41) is 4.99. The fourth-order valence-corrected chi connectivity index (χ4v) is 2.26. The van der Waals surface area contributed by atoms with Crippen LogP contribution in [0.3, 0.4) is 0 Å². The van der Waals surface area contributed by atoms with Gasteiger partial charge in [0.2, 0.25) is 0 Å². The Kier molecular flexibility index (Phi) is 4.93. The number of rotatable bonds is 4. The fraction of sp³-hybridized carbons (Fsp3) is 0.250. The fourth-order valence-electron chi connectivity index (χ4n) is 2.26. The molecule has 0 radical (unpaired) electrons. The second-order valence-corrected chi connectivity index (χ2v) is 4.80. The van der Waals surface area contributed by atoms with Gasteiger partial charge in [0.1, 0.15) is 18.3 Å². The van der Waals surface area contributed by atoms with Crippen molar-refractivity contribution in [2.45, 2.75) is 13.0 Å². The van der Waals surface area contributed by atoms with E-state index in [0.29, 0.717) is 0 Å². The van der Waals surface area contributed by atoms with E-state index in [4.69, 9.17) is 4.74 Å². The monoisotopic (exact) mass is 304 g/mol. The number of carbonyl (C=O) groups is 2. The van der Waals surface area contributed by atoms with Crippen LogP contribution in [-0.4, -0.2) is 18.6 Å². The first-order valence-corrected chi connectivity index (χ1v) is 6.83. The number of urea groups is 1. The molecule has 2 rings (SSSR count). The van der Waals surface area contributed by atoms with E-state index in [1.165, 1.54) is 18.2 Å². The van der Waals surface area contributed by atoms with Gasteiger partial charge in [0, 0.05) is 11.3 Å². The molecule has 0 unspecified atom stereocenters. The van der Waals surface area contributed by atoms with Crippen molar-refractivity contribution in [2.24, 2.45) is 5.92 Å². The first-order chi connectivity index (χ1) is 10.5. The molecule has 6 heteroatoms. The van der Waals surface area contributed by atoms with Crippen molar-refractivity contribution < 1.29 is 18.7 Å². The smallest absolute Gasteiger partial charge is 0.319 e. The van der Waals surface area contributed by atoms with Crippen molar-refractivity contribution in [1.82, 2.24) is 10.6 Å². The van der Waals surface area contributed by atoms with Gasteiger partial charge < -0.3 is 15.4 Å². The number of ether oxygens (including phenoxy) is 1. The zero-order valence-electron chi connectivity index (χ0n) is 12.1. The lowest BCUT2D eigenvalue weighted by Crippen LogP contribution is -2.51. The van der Waals surface area contributed by atoms with Gasteiger partial charge in [-0.15, -0.1) is 0 Å². The largest absolute Gasteiger partial charge is 0.461 e. The number of hydrogen-bond donors (Lipinski definition) is 2. The Bertz CT molecular complexity index is 628. The molecular formula is C16H17FN2O3. The highest BCUT2D eigenvalue weighted by Crippen LogP contribution is 2.31. The molecule has 2 atom stereocenters. The highest BCUT2D eigenvalue weighted by atomic mass is 19.1. The number of amides is 2. The van der Waals surface area contributed by atoms with Gasteiger partial charge in [-0.2, -0.15) is 0 Å². The Labute approximate surface area is 127 Å². The van der Waals surface area contributed by atoms with Gasteiger partial charge in [0.25, 0.3) is 0 Å². The van der Waals surface area contributed by atoms with Crippen molar-refractivity contribution >= 4 is 12.0 Å². The molecule has 5 nitrogen and oxygen atoms in total. The Morgan fingerprint density at radius 2 is 2.18 bits per heavy atom. The van der Waals surface area contributed by atoms with Crippen LogP contribution in [0.25, 0.3) is 0 Å². The minimum Gasteiger partial charge on any atom is -0.461 e. The number of hydrogen-bond acceptors (Lipinski definition) is 3. The molecule has 1 aromatic carbocycles. The highest BCUT2D eigenvalue weighted by molar-refractivity contribution is 5.85. The summed E-state index contributed by atoms with van der Waals surface area (Å²) in [4.78, 5) is 23.9. The molecule has 1 aliphatic heterocycles. The standard InChI is InChI=1S/C16H17FN2O3/c1-3-4-9-22-15(20)13-10(2)18-16(21)19-14(13)11-7-5-6-8-12(11)17/h3-8,13-14H,2,9H2,1H3,(H2,18,19,21)/b4-3+/t13-,14+/m1/s1. The van der Waals surface area contributed by atoms with E-state index in [9.17, 15) is 14.0 Å². The quantitative estimate of drug-likeness (QED) is 0.663. The van der Waals surface area contributed by atoms with Crippen molar-refractivity contribution in [1.29, 1.82) is 0 Å². The second kappa shape index (κ2) is 6.89. The van der Waals surface area contributed by atoms with Crippen LogP contribution in [0, 0.1) is 11.7 Å². The summed E-state index contributed by atoms with van der Waals surface area (Å²) in [6.45, 7) is 5.60. The maximum absolute atomic E-state index is 14.0. The molecular weight excluding hydrogens is 287 g/mol. The summed E-state index contributed by atoms with van der Waals surface area (Å²) in [6.07, 6.45) is 3.42. The molecule has 0 aromatic heterocycles. The van der Waals surface area contributed by atoms with Crippen LogP contribution in [0.1, 0.15) is 18.5 Å². The van der Waals surface area contributed by atoms with Crippen molar-refractivity contribution in [3.63, 3.8) is 0 Å². The number of carbonyl (C=O) groups excluding carboxylic acids is 2. The summed E-state index contributed by atoms with van der Waals surface area (Å²) < 4.78 is 19.1. The number of halogens is 1. The van der Waals surface area contributed by atoms with Crippen LogP contribution in [0.15, 0.2) is 48.7 Å². The number of esters is 1. The van der Waals surface area contributed by atoms with Gasteiger partial charge in [-0.05, 0) is 13.0 Å². The summed E-state index contributed by atoms with van der Waals surface area (Å²) in [6, 6.07) is 4.57.